The van der Waals surface area contributed by atoms with Crippen LogP contribution in [0.5, 0.6) is 0 Å². The maximum absolute atomic E-state index is 12.6. The monoisotopic (exact) mass is 294 g/mol. The predicted octanol–water partition coefficient (Wildman–Crippen LogP) is 1.51. The van der Waals surface area contributed by atoms with Crippen molar-refractivity contribution in [1.82, 2.24) is 15.4 Å². The van der Waals surface area contributed by atoms with E-state index in [1.165, 1.54) is 16.2 Å². The molecule has 8 heteroatoms. The molecule has 0 unspecified atom stereocenters. The lowest BCUT2D eigenvalue weighted by molar-refractivity contribution is 0.0965. The van der Waals surface area contributed by atoms with E-state index in [9.17, 15) is 9.18 Å². The van der Waals surface area contributed by atoms with E-state index in [4.69, 9.17) is 4.74 Å². The van der Waals surface area contributed by atoms with Gasteiger partial charge in [-0.05, 0) is 11.6 Å². The fourth-order valence-corrected chi connectivity index (χ4v) is 2.85. The number of aromatic nitrogens is 2. The predicted molar refractivity (Wildman–Crippen MR) is 70.8 cm³/mol. The zero-order valence-corrected chi connectivity index (χ0v) is 11.2. The Balaban J connectivity index is 1.64. The van der Waals surface area contributed by atoms with Gasteiger partial charge in [-0.2, -0.15) is 0 Å². The van der Waals surface area contributed by atoms with E-state index in [2.05, 4.69) is 20.8 Å². The van der Waals surface area contributed by atoms with Crippen molar-refractivity contribution in [2.45, 2.75) is 13.0 Å². The minimum atomic E-state index is -0.534. The third-order valence-electron chi connectivity index (χ3n) is 2.76. The zero-order valence-electron chi connectivity index (χ0n) is 10.4. The van der Waals surface area contributed by atoms with E-state index in [0.717, 1.165) is 24.4 Å². The van der Waals surface area contributed by atoms with Gasteiger partial charge >= 0.3 is 0 Å². The summed E-state index contributed by atoms with van der Waals surface area (Å²) in [5, 5.41) is 0. The largest absolute Gasteiger partial charge is 0.376 e. The molecule has 0 atom stereocenters. The number of hydrogen-bond donors (Lipinski definition) is 2. The normalized spacial score (nSPS) is 13.7. The Bertz CT molecular complexity index is 605. The van der Waals surface area contributed by atoms with Crippen LogP contribution < -0.4 is 10.9 Å². The van der Waals surface area contributed by atoms with Crippen molar-refractivity contribution in [2.24, 2.45) is 0 Å². The molecule has 3 rings (SSSR count). The minimum absolute atomic E-state index is 0.129. The van der Waals surface area contributed by atoms with E-state index in [0.29, 0.717) is 18.1 Å². The standard InChI is InChI=1S/C12H11FN4O2S/c13-8-4-14-12(15-5-8)17-16-11(18)10-3-7-6-19-2-1-9(7)20-10/h3-5H,1-2,6H2,(H,16,18)(H,14,15,17). The second-order valence-electron chi connectivity index (χ2n) is 4.17. The number of thiophene rings is 1. The molecule has 0 radical (unpaired) electrons. The molecule has 0 spiro atoms. The van der Waals surface area contributed by atoms with Gasteiger partial charge < -0.3 is 4.74 Å². The fourth-order valence-electron chi connectivity index (χ4n) is 1.81. The first-order valence-corrected chi connectivity index (χ1v) is 6.77. The molecular formula is C12H11FN4O2S. The average Bonchev–Trinajstić information content (AvgIpc) is 2.90. The average molecular weight is 294 g/mol. The molecule has 0 fully saturated rings. The summed E-state index contributed by atoms with van der Waals surface area (Å²) in [6.07, 6.45) is 2.87. The molecule has 1 amide bonds. The Morgan fingerprint density at radius 1 is 1.40 bits per heavy atom. The van der Waals surface area contributed by atoms with Gasteiger partial charge in [-0.15, -0.1) is 11.3 Å². The number of hydrogen-bond acceptors (Lipinski definition) is 6. The minimum Gasteiger partial charge on any atom is -0.376 e. The molecule has 0 aromatic carbocycles. The topological polar surface area (TPSA) is 76.1 Å². The van der Waals surface area contributed by atoms with E-state index in [1.54, 1.807) is 0 Å². The number of carbonyl (C=O) groups is 1. The Morgan fingerprint density at radius 3 is 2.95 bits per heavy atom. The number of nitrogens with one attached hydrogen (secondary N) is 2. The first-order chi connectivity index (χ1) is 9.72. The van der Waals surface area contributed by atoms with Crippen LogP contribution in [0.4, 0.5) is 10.3 Å². The summed E-state index contributed by atoms with van der Waals surface area (Å²) in [5.41, 5.74) is 6.07. The summed E-state index contributed by atoms with van der Waals surface area (Å²) < 4.78 is 18.0. The number of hydrazine groups is 1. The van der Waals surface area contributed by atoms with Gasteiger partial charge in [-0.25, -0.2) is 14.4 Å². The summed E-state index contributed by atoms with van der Waals surface area (Å²) >= 11 is 1.45. The highest BCUT2D eigenvalue weighted by Crippen LogP contribution is 2.26. The number of amides is 1. The van der Waals surface area contributed by atoms with Gasteiger partial charge in [0.1, 0.15) is 0 Å². The fraction of sp³-hybridized carbons (Fsp3) is 0.250. The highest BCUT2D eigenvalue weighted by atomic mass is 32.1. The summed E-state index contributed by atoms with van der Waals surface area (Å²) in [7, 11) is 0. The van der Waals surface area contributed by atoms with Crippen LogP contribution in [0, 0.1) is 5.82 Å². The molecule has 0 aliphatic carbocycles. The number of carbonyl (C=O) groups excluding carboxylic acids is 1. The quantitative estimate of drug-likeness (QED) is 0.839. The summed E-state index contributed by atoms with van der Waals surface area (Å²) in [6, 6.07) is 1.82. The molecular weight excluding hydrogens is 283 g/mol. The molecule has 2 aromatic rings. The molecule has 1 aliphatic heterocycles. The first kappa shape index (κ1) is 12.9. The van der Waals surface area contributed by atoms with Crippen molar-refractivity contribution in [3.63, 3.8) is 0 Å². The van der Waals surface area contributed by atoms with Crippen molar-refractivity contribution < 1.29 is 13.9 Å². The summed E-state index contributed by atoms with van der Waals surface area (Å²) in [5.74, 6) is -0.686. The molecule has 20 heavy (non-hydrogen) atoms. The van der Waals surface area contributed by atoms with Crippen LogP contribution >= 0.6 is 11.3 Å². The van der Waals surface area contributed by atoms with E-state index < -0.39 is 5.82 Å². The highest BCUT2D eigenvalue weighted by Gasteiger charge is 2.17. The van der Waals surface area contributed by atoms with E-state index in [1.807, 2.05) is 6.07 Å². The van der Waals surface area contributed by atoms with Crippen molar-refractivity contribution in [3.8, 4) is 0 Å². The van der Waals surface area contributed by atoms with Crippen molar-refractivity contribution >= 4 is 23.2 Å². The van der Waals surface area contributed by atoms with Gasteiger partial charge in [0, 0.05) is 11.3 Å². The molecule has 2 aromatic heterocycles. The van der Waals surface area contributed by atoms with Crippen LogP contribution in [0.2, 0.25) is 0 Å². The molecule has 6 nitrogen and oxygen atoms in total. The van der Waals surface area contributed by atoms with Gasteiger partial charge in [0.2, 0.25) is 5.95 Å². The van der Waals surface area contributed by atoms with Crippen LogP contribution in [-0.2, 0) is 17.8 Å². The third-order valence-corrected chi connectivity index (χ3v) is 4.00. The molecule has 0 bridgehead atoms. The second kappa shape index (κ2) is 5.51. The Kier molecular flexibility index (Phi) is 3.57. The summed E-state index contributed by atoms with van der Waals surface area (Å²) in [4.78, 5) is 21.1. The smallest absolute Gasteiger partial charge is 0.279 e. The maximum Gasteiger partial charge on any atom is 0.279 e. The number of rotatable bonds is 3. The SMILES string of the molecule is O=C(NNc1ncc(F)cn1)c1cc2c(s1)CCOC2. The van der Waals surface area contributed by atoms with Crippen molar-refractivity contribution in [2.75, 3.05) is 12.0 Å². The molecule has 104 valence electrons. The van der Waals surface area contributed by atoms with Crippen LogP contribution in [0.25, 0.3) is 0 Å². The van der Waals surface area contributed by atoms with Crippen LogP contribution in [0.15, 0.2) is 18.5 Å². The summed E-state index contributed by atoms with van der Waals surface area (Å²) in [6.45, 7) is 1.24. The van der Waals surface area contributed by atoms with Crippen molar-refractivity contribution in [1.29, 1.82) is 0 Å². The number of ether oxygens (including phenoxy) is 1. The Morgan fingerprint density at radius 2 is 2.20 bits per heavy atom. The third kappa shape index (κ3) is 2.75. The molecule has 3 heterocycles. The van der Waals surface area contributed by atoms with Gasteiger partial charge in [0.15, 0.2) is 5.82 Å². The maximum atomic E-state index is 12.6. The molecule has 2 N–H and O–H groups in total. The van der Waals surface area contributed by atoms with Gasteiger partial charge in [0.25, 0.3) is 5.91 Å². The highest BCUT2D eigenvalue weighted by molar-refractivity contribution is 7.14. The first-order valence-electron chi connectivity index (χ1n) is 5.95. The van der Waals surface area contributed by atoms with Crippen molar-refractivity contribution in [3.05, 3.63) is 39.6 Å². The lowest BCUT2D eigenvalue weighted by atomic mass is 10.2. The molecule has 1 aliphatic rings. The second-order valence-corrected chi connectivity index (χ2v) is 5.30. The van der Waals surface area contributed by atoms with E-state index in [-0.39, 0.29) is 11.9 Å². The van der Waals surface area contributed by atoms with Gasteiger partial charge in [-0.1, -0.05) is 0 Å². The van der Waals surface area contributed by atoms with E-state index >= 15 is 0 Å². The number of halogens is 1. The zero-order chi connectivity index (χ0) is 13.9. The van der Waals surface area contributed by atoms with Crippen LogP contribution in [-0.4, -0.2) is 22.5 Å². The van der Waals surface area contributed by atoms with Gasteiger partial charge in [0.05, 0.1) is 30.5 Å². The number of nitrogens with zero attached hydrogens (tertiary/aromatic N) is 2. The Hall–Kier alpha value is -2.06. The Labute approximate surface area is 118 Å². The number of anilines is 1. The lowest BCUT2D eigenvalue weighted by Gasteiger charge is -2.10. The molecule has 0 saturated carbocycles. The van der Waals surface area contributed by atoms with Crippen LogP contribution in [0.3, 0.4) is 0 Å². The van der Waals surface area contributed by atoms with Crippen LogP contribution in [0.1, 0.15) is 20.1 Å². The van der Waals surface area contributed by atoms with Gasteiger partial charge in [-0.3, -0.25) is 15.6 Å². The molecule has 0 saturated heterocycles. The number of fused-ring (bicyclic) bond motifs is 1. The lowest BCUT2D eigenvalue weighted by Crippen LogP contribution is -2.29.